The number of aromatic nitrogens is 3. The molecule has 2 fully saturated rings. The number of aliphatic carboxylic acids is 1. The van der Waals surface area contributed by atoms with Gasteiger partial charge in [-0.25, -0.2) is 14.8 Å². The molecule has 3 aromatic heterocycles. The highest BCUT2D eigenvalue weighted by atomic mass is 32.3. The van der Waals surface area contributed by atoms with E-state index >= 15 is 0 Å². The Morgan fingerprint density at radius 1 is 1.25 bits per heavy atom. The van der Waals surface area contributed by atoms with Crippen molar-refractivity contribution in [3.63, 3.8) is 0 Å². The fraction of sp³-hybridized carbons (Fsp3) is 0.462. The second-order valence-electron chi connectivity index (χ2n) is 11.1. The smallest absolute Gasteiger partial charge is 0.418 e. The maximum atomic E-state index is 13.3. The van der Waals surface area contributed by atoms with Crippen LogP contribution < -0.4 is 10.5 Å². The number of amides is 1. The summed E-state index contributed by atoms with van der Waals surface area (Å²) in [7, 11) is -4.98. The molecule has 1 saturated heterocycles. The molecule has 0 bridgehead atoms. The van der Waals surface area contributed by atoms with Crippen molar-refractivity contribution in [2.45, 2.75) is 57.6 Å². The summed E-state index contributed by atoms with van der Waals surface area (Å²) in [6.45, 7) is 2.39. The molecule has 0 unspecified atom stereocenters. The number of hydrogen-bond donors (Lipinski definition) is 3. The normalized spacial score (nSPS) is 19.3. The number of ether oxygens (including phenoxy) is 1. The van der Waals surface area contributed by atoms with Crippen LogP contribution in [0, 0.1) is 11.8 Å². The fourth-order valence-corrected chi connectivity index (χ4v) is 5.92. The molecule has 236 valence electrons. The predicted molar refractivity (Wildman–Crippen MR) is 154 cm³/mol. The Balaban J connectivity index is 1.27. The Bertz CT molecular complexity index is 1730. The molecular weight excluding hydrogens is 620 g/mol. The molecule has 0 spiro atoms. The number of pyridine rings is 1. The van der Waals surface area contributed by atoms with Crippen LogP contribution in [0.15, 0.2) is 35.1 Å². The van der Waals surface area contributed by atoms with E-state index in [4.69, 9.17) is 19.9 Å². The van der Waals surface area contributed by atoms with E-state index in [9.17, 15) is 27.9 Å². The number of fused-ring (bicyclic) bond motifs is 1. The van der Waals surface area contributed by atoms with Gasteiger partial charge in [-0.05, 0) is 38.3 Å². The largest absolute Gasteiger partial charge is 0.487 e. The molecular formula is C26H30N6O10S2. The number of Topliss-reactive ketones (excluding diaryl/α,β-unsaturated/α-hetero) is 1. The standard InChI is InChI=1S/C26H30N6O10S2/c1-26(2)17(23(34)32(26)42-44(37,38)39)9-19(33)22(18-13-43-25(27)29-18)30-41-20(24(35)36)12-40-16-6-7-21-28-15(10-31(21)11-16)8-14-4-3-5-14/h6-7,10-11,13-14,17,20H,3-5,8-9,12H2,1-2H3,(H2,27,29)(H,35,36)(H,37,38,39)/b30-22-/t17-,20+/m1/s1. The van der Waals surface area contributed by atoms with Gasteiger partial charge in [0.2, 0.25) is 0 Å². The fourth-order valence-electron chi connectivity index (χ4n) is 4.92. The monoisotopic (exact) mass is 650 g/mol. The lowest BCUT2D eigenvalue weighted by Gasteiger charge is -2.50. The van der Waals surface area contributed by atoms with Gasteiger partial charge in [0, 0.05) is 18.0 Å². The zero-order chi connectivity index (χ0) is 31.8. The first kappa shape index (κ1) is 31.3. The number of hydrogen-bond acceptors (Lipinski definition) is 13. The summed E-state index contributed by atoms with van der Waals surface area (Å²) in [5.74, 6) is -3.11. The lowest BCUT2D eigenvalue weighted by Crippen LogP contribution is -2.68. The maximum Gasteiger partial charge on any atom is 0.418 e. The number of rotatable bonds is 14. The minimum atomic E-state index is -4.98. The van der Waals surface area contributed by atoms with E-state index in [1.165, 1.54) is 38.5 Å². The van der Waals surface area contributed by atoms with Crippen molar-refractivity contribution in [3.8, 4) is 5.75 Å². The average molecular weight is 651 g/mol. The number of hydroxylamine groups is 2. The number of oxime groups is 1. The van der Waals surface area contributed by atoms with Crippen LogP contribution in [0.5, 0.6) is 5.75 Å². The Morgan fingerprint density at radius 3 is 2.59 bits per heavy atom. The second kappa shape index (κ2) is 12.1. The number of ketones is 1. The van der Waals surface area contributed by atoms with Crippen LogP contribution in [-0.4, -0.2) is 79.1 Å². The molecule has 2 aliphatic rings. The van der Waals surface area contributed by atoms with Gasteiger partial charge in [-0.2, -0.15) is 13.5 Å². The molecule has 0 radical (unpaired) electrons. The van der Waals surface area contributed by atoms with Gasteiger partial charge >= 0.3 is 16.4 Å². The number of anilines is 1. The van der Waals surface area contributed by atoms with Gasteiger partial charge in [-0.1, -0.05) is 24.4 Å². The number of thiazole rings is 1. The lowest BCUT2D eigenvalue weighted by molar-refractivity contribution is -0.228. The maximum absolute atomic E-state index is 13.3. The summed E-state index contributed by atoms with van der Waals surface area (Å²) in [5.41, 5.74) is 5.69. The first-order chi connectivity index (χ1) is 20.7. The van der Waals surface area contributed by atoms with Crippen molar-refractivity contribution in [2.24, 2.45) is 17.0 Å². The van der Waals surface area contributed by atoms with Crippen LogP contribution in [0.2, 0.25) is 0 Å². The molecule has 4 N–H and O–H groups in total. The summed E-state index contributed by atoms with van der Waals surface area (Å²) in [5, 5.41) is 15.5. The summed E-state index contributed by atoms with van der Waals surface area (Å²) < 4.78 is 42.9. The first-order valence-corrected chi connectivity index (χ1v) is 15.8. The zero-order valence-corrected chi connectivity index (χ0v) is 25.3. The Hall–Kier alpha value is -4.13. The summed E-state index contributed by atoms with van der Waals surface area (Å²) in [6, 6.07) is 3.40. The average Bonchev–Trinajstić information content (AvgIpc) is 3.54. The quantitative estimate of drug-likeness (QED) is 0.0982. The molecule has 1 aliphatic heterocycles. The van der Waals surface area contributed by atoms with Gasteiger partial charge in [-0.15, -0.1) is 15.6 Å². The van der Waals surface area contributed by atoms with Crippen molar-refractivity contribution in [1.29, 1.82) is 0 Å². The summed E-state index contributed by atoms with van der Waals surface area (Å²) in [6.07, 6.45) is 6.01. The molecule has 1 aliphatic carbocycles. The number of nitrogen functional groups attached to an aromatic ring is 1. The van der Waals surface area contributed by atoms with Crippen molar-refractivity contribution < 1.29 is 46.3 Å². The molecule has 18 heteroatoms. The summed E-state index contributed by atoms with van der Waals surface area (Å²) in [4.78, 5) is 51.7. The van der Waals surface area contributed by atoms with Gasteiger partial charge in [-0.3, -0.25) is 14.1 Å². The number of carboxylic acids is 1. The van der Waals surface area contributed by atoms with E-state index in [0.717, 1.165) is 29.1 Å². The number of nitrogens with zero attached hydrogens (tertiary/aromatic N) is 5. The molecule has 4 heterocycles. The van der Waals surface area contributed by atoms with Gasteiger partial charge in [0.05, 0.1) is 23.3 Å². The van der Waals surface area contributed by atoms with E-state index in [0.29, 0.717) is 16.7 Å². The number of β-lactam (4-membered cyclic amide) rings is 1. The third-order valence-electron chi connectivity index (χ3n) is 7.61. The molecule has 3 aromatic rings. The molecule has 1 saturated carbocycles. The minimum absolute atomic E-state index is 0.0126. The van der Waals surface area contributed by atoms with Crippen LogP contribution in [-0.2, 0) is 40.3 Å². The molecule has 0 aromatic carbocycles. The number of imidazole rings is 1. The van der Waals surface area contributed by atoms with Crippen LogP contribution in [0.25, 0.3) is 5.65 Å². The van der Waals surface area contributed by atoms with Crippen molar-refractivity contribution >= 4 is 55.9 Å². The molecule has 2 atom stereocenters. The van der Waals surface area contributed by atoms with Gasteiger partial charge in [0.25, 0.3) is 12.0 Å². The van der Waals surface area contributed by atoms with Crippen LogP contribution in [0.4, 0.5) is 5.13 Å². The number of nitrogens with two attached hydrogens (primary N) is 1. The van der Waals surface area contributed by atoms with E-state index in [2.05, 4.69) is 19.4 Å². The summed E-state index contributed by atoms with van der Waals surface area (Å²) >= 11 is 0.994. The Morgan fingerprint density at radius 2 is 2.00 bits per heavy atom. The van der Waals surface area contributed by atoms with E-state index in [1.807, 2.05) is 6.20 Å². The van der Waals surface area contributed by atoms with Crippen molar-refractivity contribution in [3.05, 3.63) is 41.3 Å². The van der Waals surface area contributed by atoms with Crippen LogP contribution >= 0.6 is 11.3 Å². The van der Waals surface area contributed by atoms with Crippen molar-refractivity contribution in [1.82, 2.24) is 19.4 Å². The van der Waals surface area contributed by atoms with E-state index < -0.39 is 64.4 Å². The minimum Gasteiger partial charge on any atom is -0.487 e. The first-order valence-electron chi connectivity index (χ1n) is 13.5. The zero-order valence-electron chi connectivity index (χ0n) is 23.7. The third-order valence-corrected chi connectivity index (χ3v) is 8.62. The number of carbonyl (C=O) groups excluding carboxylic acids is 2. The van der Waals surface area contributed by atoms with Gasteiger partial charge < -0.3 is 24.8 Å². The Kier molecular flexibility index (Phi) is 8.61. The van der Waals surface area contributed by atoms with Crippen LogP contribution in [0.3, 0.4) is 0 Å². The highest BCUT2D eigenvalue weighted by molar-refractivity contribution is 7.80. The molecule has 5 rings (SSSR count). The molecule has 16 nitrogen and oxygen atoms in total. The third kappa shape index (κ3) is 6.82. The topological polar surface area (TPSA) is 225 Å². The number of carbonyl (C=O) groups is 3. The molecule has 1 amide bonds. The Labute approximate surface area is 255 Å². The van der Waals surface area contributed by atoms with E-state index in [1.54, 1.807) is 22.7 Å². The SMILES string of the molecule is CC1(C)[C@H](CC(=O)/C(=N\O[C@@H](COc2ccc3nc(CC4CCC4)cn3c2)C(=O)O)c2csc(N)n2)C(=O)N1OS(=O)(=O)O. The second-order valence-corrected chi connectivity index (χ2v) is 13.0. The number of carboxylic acid groups (broad SMARTS) is 1. The van der Waals surface area contributed by atoms with Crippen molar-refractivity contribution in [2.75, 3.05) is 12.3 Å². The van der Waals surface area contributed by atoms with E-state index in [-0.39, 0.29) is 10.8 Å². The highest BCUT2D eigenvalue weighted by Gasteiger charge is 2.57. The predicted octanol–water partition coefficient (Wildman–Crippen LogP) is 1.90. The van der Waals surface area contributed by atoms with Gasteiger partial charge in [0.1, 0.15) is 23.7 Å². The lowest BCUT2D eigenvalue weighted by atomic mass is 9.74. The molecule has 44 heavy (non-hydrogen) atoms. The van der Waals surface area contributed by atoms with Crippen LogP contribution in [0.1, 0.15) is 50.9 Å². The highest BCUT2D eigenvalue weighted by Crippen LogP contribution is 2.40. The van der Waals surface area contributed by atoms with Gasteiger partial charge in [0.15, 0.2) is 16.6 Å².